The van der Waals surface area contributed by atoms with E-state index in [0.717, 1.165) is 13.8 Å². The van der Waals surface area contributed by atoms with Gasteiger partial charge in [-0.2, -0.15) is 8.42 Å². The Morgan fingerprint density at radius 2 is 0.651 bits per heavy atom. The standard InChI is InChI=1S/C6H8O7.2C2H4O2.2CH2O3.ClH.3Mg.4Mn.H2O4S.H2O.6H/c7-3(8)1-6(13,5(11)12)2-4(9)10;2*1-2(3)4;2*2-1(3)4;;;;;;;;;1-5(2,3)4;;;;;;;/h13H,1-2H2,(H,7,8)(H,9,10)(H,11,12);2*1H3,(H,3,4);2*(H2,2,3,4);1H;;;;;;;;(H2,1,2,3,4);1H2;;;;;;. The van der Waals surface area contributed by atoms with Crippen LogP contribution in [0.5, 0.6) is 0 Å². The summed E-state index contributed by atoms with van der Waals surface area (Å²) < 4.78 is 31.6. The van der Waals surface area contributed by atoms with Gasteiger partial charge in [-0.1, -0.05) is 0 Å². The SMILES string of the molecule is CC(=O)O.CC(=O)O.Cl.O.O=C(O)CC(O)(CC(=O)O)C(=O)O.O=C(O)O.O=C(O)O.O=S(=O)(O)O.[MgH2].[MgH2].[MgH2].[Mn].[Mn].[Mn].[Mn]. The van der Waals surface area contributed by atoms with Crippen molar-refractivity contribution in [1.82, 2.24) is 0 Å². The maximum absolute atomic E-state index is 10.3. The summed E-state index contributed by atoms with van der Waals surface area (Å²) in [5.41, 5.74) is -2.74. The average Bonchev–Trinajstić information content (AvgIpc) is 2.40. The fourth-order valence-electron chi connectivity index (χ4n) is 0.714. The molecular formula is C12H31ClMg3Mn4O22S. The number of carboxylic acids is 5. The van der Waals surface area contributed by atoms with Gasteiger partial charge in [0.15, 0.2) is 5.60 Å². The molecule has 4 radical (unpaired) electrons. The molecule has 0 aromatic carbocycles. The van der Waals surface area contributed by atoms with Crippen LogP contribution in [0.3, 0.4) is 0 Å². The number of aliphatic hydroxyl groups is 1. The van der Waals surface area contributed by atoms with Crippen molar-refractivity contribution in [1.29, 1.82) is 0 Å². The first-order valence-corrected chi connectivity index (χ1v) is 8.42. The van der Waals surface area contributed by atoms with Gasteiger partial charge < -0.3 is 56.5 Å². The number of halogens is 1. The number of aliphatic carboxylic acids is 5. The van der Waals surface area contributed by atoms with E-state index in [1.165, 1.54) is 0 Å². The third-order valence-electron chi connectivity index (χ3n) is 1.29. The molecule has 0 bridgehead atoms. The van der Waals surface area contributed by atoms with Crippen molar-refractivity contribution in [3.63, 3.8) is 0 Å². The zero-order valence-corrected chi connectivity index (χ0v) is 25.6. The minimum Gasteiger partial charge on any atom is -0.481 e. The Hall–Kier alpha value is 0.347. The van der Waals surface area contributed by atoms with E-state index in [0.29, 0.717) is 0 Å². The average molecular weight is 888 g/mol. The van der Waals surface area contributed by atoms with Crippen LogP contribution in [0.4, 0.5) is 9.59 Å². The van der Waals surface area contributed by atoms with Gasteiger partial charge in [-0.15, -0.1) is 12.4 Å². The van der Waals surface area contributed by atoms with E-state index in [-0.39, 0.29) is 155 Å². The van der Waals surface area contributed by atoms with Crippen LogP contribution in [-0.2, 0) is 103 Å². The van der Waals surface area contributed by atoms with E-state index in [4.69, 9.17) is 87.8 Å². The Kier molecular flexibility index (Phi) is 130. The molecule has 0 unspecified atom stereocenters. The van der Waals surface area contributed by atoms with Gasteiger partial charge in [0.25, 0.3) is 11.9 Å². The van der Waals surface area contributed by atoms with Gasteiger partial charge in [0.1, 0.15) is 0 Å². The largest absolute Gasteiger partial charge is 0.503 e. The van der Waals surface area contributed by atoms with Crippen LogP contribution in [0.1, 0.15) is 26.7 Å². The van der Waals surface area contributed by atoms with E-state index in [1.54, 1.807) is 0 Å². The van der Waals surface area contributed by atoms with Crippen LogP contribution in [-0.4, -0.2) is 191 Å². The molecular weight excluding hydrogens is 856 g/mol. The van der Waals surface area contributed by atoms with Crippen LogP contribution in [0.25, 0.3) is 0 Å². The predicted octanol–water partition coefficient (Wildman–Crippen LogP) is -4.44. The van der Waals surface area contributed by atoms with Crippen LogP contribution in [0.2, 0.25) is 0 Å². The van der Waals surface area contributed by atoms with Crippen molar-refractivity contribution in [2.75, 3.05) is 0 Å². The van der Waals surface area contributed by atoms with Crippen molar-refractivity contribution < 1.29 is 176 Å². The first kappa shape index (κ1) is 96.7. The molecule has 0 amide bonds. The summed E-state index contributed by atoms with van der Waals surface area (Å²) in [6.07, 6.45) is -5.96. The summed E-state index contributed by atoms with van der Waals surface area (Å²) in [5.74, 6) is -6.69. The van der Waals surface area contributed by atoms with E-state index in [9.17, 15) is 14.4 Å². The monoisotopic (exact) mass is 886 g/mol. The van der Waals surface area contributed by atoms with Crippen molar-refractivity contribution in [2.45, 2.75) is 32.3 Å². The fourth-order valence-corrected chi connectivity index (χ4v) is 0.714. The summed E-state index contributed by atoms with van der Waals surface area (Å²) in [6, 6.07) is 0. The Bertz CT molecular complexity index is 718. The van der Waals surface area contributed by atoms with Gasteiger partial charge in [-0.3, -0.25) is 28.3 Å². The molecule has 14 N–H and O–H groups in total. The zero-order valence-electron chi connectivity index (χ0n) is 19.3. The molecule has 0 heterocycles. The maximum atomic E-state index is 10.3. The van der Waals surface area contributed by atoms with Crippen LogP contribution in [0, 0.1) is 0 Å². The molecule has 0 aliphatic carbocycles. The minimum absolute atomic E-state index is 0. The molecule has 0 rings (SSSR count). The first-order chi connectivity index (χ1) is 14.7. The van der Waals surface area contributed by atoms with Crippen molar-refractivity contribution >= 4 is 134 Å². The summed E-state index contributed by atoms with van der Waals surface area (Å²) in [4.78, 5) is 65.6. The summed E-state index contributed by atoms with van der Waals surface area (Å²) in [5, 5.41) is 76.5. The third-order valence-corrected chi connectivity index (χ3v) is 1.29. The normalized spacial score (nSPS) is 6.91. The molecule has 258 valence electrons. The number of hydrogen-bond acceptors (Lipinski definition) is 10. The molecule has 0 aliphatic heterocycles. The molecule has 0 aromatic heterocycles. The summed E-state index contributed by atoms with van der Waals surface area (Å²) >= 11 is 0. The van der Waals surface area contributed by atoms with Crippen molar-refractivity contribution in [3.8, 4) is 0 Å². The maximum Gasteiger partial charge on any atom is 0.503 e. The quantitative estimate of drug-likeness (QED) is 0.0915. The van der Waals surface area contributed by atoms with E-state index >= 15 is 0 Å². The van der Waals surface area contributed by atoms with Gasteiger partial charge in [0, 0.05) is 82.1 Å². The topological polar surface area (TPSA) is 428 Å². The molecule has 31 heteroatoms. The number of rotatable bonds is 5. The van der Waals surface area contributed by atoms with Crippen LogP contribution < -0.4 is 0 Å². The van der Waals surface area contributed by atoms with Gasteiger partial charge >= 0.3 is 110 Å². The second-order valence-corrected chi connectivity index (χ2v) is 5.42. The predicted molar refractivity (Wildman–Crippen MR) is 136 cm³/mol. The number of carboxylic acid groups (broad SMARTS) is 9. The molecule has 0 fully saturated rings. The van der Waals surface area contributed by atoms with E-state index in [2.05, 4.69) is 0 Å². The Balaban J connectivity index is -0.0000000175. The molecule has 0 saturated heterocycles. The number of hydrogen-bond donors (Lipinski definition) is 12. The smallest absolute Gasteiger partial charge is 0.481 e. The minimum atomic E-state index is -4.67. The van der Waals surface area contributed by atoms with Crippen molar-refractivity contribution in [3.05, 3.63) is 0 Å². The molecule has 22 nitrogen and oxygen atoms in total. The second kappa shape index (κ2) is 57.9. The van der Waals surface area contributed by atoms with Gasteiger partial charge in [0.05, 0.1) is 12.8 Å². The Morgan fingerprint density at radius 1 is 0.558 bits per heavy atom. The molecule has 0 atom stereocenters. The third kappa shape index (κ3) is 258. The molecule has 0 saturated carbocycles. The fraction of sp³-hybridized carbons (Fsp3) is 0.417. The second-order valence-electron chi connectivity index (χ2n) is 4.53. The zero-order chi connectivity index (χ0) is 29.5. The Labute approximate surface area is 338 Å². The van der Waals surface area contributed by atoms with E-state index < -0.39 is 71.0 Å². The van der Waals surface area contributed by atoms with Crippen molar-refractivity contribution in [2.24, 2.45) is 0 Å². The molecule has 43 heavy (non-hydrogen) atoms. The first-order valence-electron chi connectivity index (χ1n) is 7.03. The van der Waals surface area contributed by atoms with Gasteiger partial charge in [-0.05, 0) is 0 Å². The van der Waals surface area contributed by atoms with Crippen LogP contribution >= 0.6 is 12.4 Å². The summed E-state index contributed by atoms with van der Waals surface area (Å²) in [6.45, 7) is 2.17. The van der Waals surface area contributed by atoms with Gasteiger partial charge in [0.2, 0.25) is 0 Å². The molecule has 0 aliphatic rings. The molecule has 0 aromatic rings. The van der Waals surface area contributed by atoms with Crippen LogP contribution in [0.15, 0.2) is 0 Å². The Morgan fingerprint density at radius 3 is 0.698 bits per heavy atom. The van der Waals surface area contributed by atoms with Gasteiger partial charge in [-0.25, -0.2) is 14.4 Å². The van der Waals surface area contributed by atoms with E-state index in [1.807, 2.05) is 0 Å². The number of carbonyl (C=O) groups is 7. The molecule has 0 spiro atoms. The summed E-state index contributed by atoms with van der Waals surface area (Å²) in [7, 11) is -4.67.